The van der Waals surface area contributed by atoms with Crippen molar-refractivity contribution in [3.63, 3.8) is 0 Å². The fourth-order valence-corrected chi connectivity index (χ4v) is 2.66. The van der Waals surface area contributed by atoms with Gasteiger partial charge in [-0.05, 0) is 36.4 Å². The van der Waals surface area contributed by atoms with Gasteiger partial charge in [-0.1, -0.05) is 6.07 Å². The molecule has 0 fully saturated rings. The monoisotopic (exact) mass is 352 g/mol. The molecule has 0 radical (unpaired) electrons. The minimum Gasteiger partial charge on any atom is -0.322 e. The van der Waals surface area contributed by atoms with Crippen LogP contribution in [0, 0.1) is 11.3 Å². The van der Waals surface area contributed by atoms with Crippen molar-refractivity contribution in [1.29, 1.82) is 5.26 Å². The van der Waals surface area contributed by atoms with Crippen LogP contribution in [-0.2, 0) is 17.0 Å². The van der Waals surface area contributed by atoms with Gasteiger partial charge in [-0.2, -0.15) is 18.4 Å². The maximum Gasteiger partial charge on any atom is 0.416 e. The Balaban J connectivity index is 2.28. The van der Waals surface area contributed by atoms with Gasteiger partial charge in [-0.15, -0.1) is 0 Å². The van der Waals surface area contributed by atoms with E-state index in [-0.39, 0.29) is 16.8 Å². The number of amides is 1. The van der Waals surface area contributed by atoms with Gasteiger partial charge in [0.05, 0.1) is 26.8 Å². The Kier molecular flexibility index (Phi) is 5.04. The maximum absolute atomic E-state index is 12.7. The van der Waals surface area contributed by atoms with Crippen molar-refractivity contribution in [1.82, 2.24) is 0 Å². The summed E-state index contributed by atoms with van der Waals surface area (Å²) in [6, 6.07) is 10.1. The molecule has 4 nitrogen and oxygen atoms in total. The molecule has 0 aliphatic carbocycles. The molecule has 1 N–H and O–H groups in total. The number of alkyl halides is 3. The van der Waals surface area contributed by atoms with Gasteiger partial charge < -0.3 is 5.32 Å². The third-order valence-corrected chi connectivity index (χ3v) is 4.10. The van der Waals surface area contributed by atoms with Gasteiger partial charge in [0.1, 0.15) is 6.07 Å². The van der Waals surface area contributed by atoms with Gasteiger partial charge in [-0.25, -0.2) is 0 Å². The Hall–Kier alpha value is -2.66. The molecule has 0 aliphatic rings. The standard InChI is InChI=1S/C16H11F3N2O2S/c1-24(23)14-6-5-13(8-11(14)9-20)21-15(22)10-3-2-4-12(7-10)16(17,18)19/h2-8H,1H3,(H,21,22). The third kappa shape index (κ3) is 4.00. The Morgan fingerprint density at radius 3 is 2.50 bits per heavy atom. The minimum atomic E-state index is -4.54. The highest BCUT2D eigenvalue weighted by atomic mass is 32.2. The highest BCUT2D eigenvalue weighted by molar-refractivity contribution is 7.84. The van der Waals surface area contributed by atoms with Crippen LogP contribution < -0.4 is 5.32 Å². The van der Waals surface area contributed by atoms with Gasteiger partial charge in [-0.3, -0.25) is 9.00 Å². The highest BCUT2D eigenvalue weighted by Crippen LogP contribution is 2.29. The van der Waals surface area contributed by atoms with Crippen LogP contribution in [0.4, 0.5) is 18.9 Å². The molecular formula is C16H11F3N2O2S. The molecule has 0 saturated carbocycles. The van der Waals surface area contributed by atoms with Gasteiger partial charge in [0.25, 0.3) is 5.91 Å². The number of carbonyl (C=O) groups excluding carboxylic acids is 1. The first-order chi connectivity index (χ1) is 11.2. The topological polar surface area (TPSA) is 70.0 Å². The SMILES string of the molecule is CS(=O)c1ccc(NC(=O)c2cccc(C(F)(F)F)c2)cc1C#N. The predicted molar refractivity (Wildman–Crippen MR) is 82.9 cm³/mol. The summed E-state index contributed by atoms with van der Waals surface area (Å²) in [5, 5.41) is 11.5. The van der Waals surface area contributed by atoms with Gasteiger partial charge in [0.2, 0.25) is 0 Å². The summed E-state index contributed by atoms with van der Waals surface area (Å²) in [6.45, 7) is 0. The van der Waals surface area contributed by atoms with Gasteiger partial charge in [0.15, 0.2) is 0 Å². The molecule has 0 bridgehead atoms. The predicted octanol–water partition coefficient (Wildman–Crippen LogP) is 3.57. The van der Waals surface area contributed by atoms with Crippen molar-refractivity contribution in [3.8, 4) is 6.07 Å². The molecule has 2 aromatic rings. The number of hydrogen-bond donors (Lipinski definition) is 1. The molecule has 1 amide bonds. The van der Waals surface area contributed by atoms with E-state index in [0.29, 0.717) is 4.90 Å². The van der Waals surface area contributed by atoms with Crippen molar-refractivity contribution in [2.45, 2.75) is 11.1 Å². The van der Waals surface area contributed by atoms with E-state index < -0.39 is 28.4 Å². The number of halogens is 3. The third-order valence-electron chi connectivity index (χ3n) is 3.12. The van der Waals surface area contributed by atoms with Gasteiger partial charge >= 0.3 is 6.18 Å². The lowest BCUT2D eigenvalue weighted by molar-refractivity contribution is -0.137. The van der Waals surface area contributed by atoms with Crippen LogP contribution in [0.2, 0.25) is 0 Å². The molecule has 8 heteroatoms. The maximum atomic E-state index is 12.7. The number of nitrogens with one attached hydrogen (secondary N) is 1. The van der Waals surface area contributed by atoms with Crippen molar-refractivity contribution in [2.75, 3.05) is 11.6 Å². The van der Waals surface area contributed by atoms with Crippen LogP contribution >= 0.6 is 0 Å². The average Bonchev–Trinajstić information content (AvgIpc) is 2.53. The zero-order chi connectivity index (χ0) is 17.9. The lowest BCUT2D eigenvalue weighted by atomic mass is 10.1. The van der Waals surface area contributed by atoms with Crippen LogP contribution in [0.25, 0.3) is 0 Å². The van der Waals surface area contributed by atoms with Crippen molar-refractivity contribution in [2.24, 2.45) is 0 Å². The van der Waals surface area contributed by atoms with Crippen LogP contribution in [-0.4, -0.2) is 16.4 Å². The Labute approximate surface area is 138 Å². The normalized spacial score (nSPS) is 12.3. The van der Waals surface area contributed by atoms with Crippen molar-refractivity contribution < 1.29 is 22.2 Å². The number of hydrogen-bond acceptors (Lipinski definition) is 3. The molecule has 0 aromatic heterocycles. The van der Waals surface area contributed by atoms with E-state index in [0.717, 1.165) is 18.2 Å². The van der Waals surface area contributed by atoms with E-state index in [1.54, 1.807) is 0 Å². The fraction of sp³-hybridized carbons (Fsp3) is 0.125. The first kappa shape index (κ1) is 17.7. The smallest absolute Gasteiger partial charge is 0.322 e. The van der Waals surface area contributed by atoms with E-state index in [1.807, 2.05) is 6.07 Å². The van der Waals surface area contributed by atoms with E-state index in [4.69, 9.17) is 5.26 Å². The molecule has 2 aromatic carbocycles. The Morgan fingerprint density at radius 1 is 1.21 bits per heavy atom. The summed E-state index contributed by atoms with van der Waals surface area (Å²) in [7, 11) is -1.37. The molecule has 0 spiro atoms. The Morgan fingerprint density at radius 2 is 1.92 bits per heavy atom. The van der Waals surface area contributed by atoms with E-state index in [2.05, 4.69) is 5.32 Å². The highest BCUT2D eigenvalue weighted by Gasteiger charge is 2.30. The summed E-state index contributed by atoms with van der Waals surface area (Å²) >= 11 is 0. The quantitative estimate of drug-likeness (QED) is 0.918. The minimum absolute atomic E-state index is 0.123. The summed E-state index contributed by atoms with van der Waals surface area (Å²) in [5.41, 5.74) is -0.739. The molecule has 24 heavy (non-hydrogen) atoms. The largest absolute Gasteiger partial charge is 0.416 e. The van der Waals surface area contributed by atoms with Crippen molar-refractivity contribution >= 4 is 22.4 Å². The van der Waals surface area contributed by atoms with Crippen LogP contribution in [0.3, 0.4) is 0 Å². The summed E-state index contributed by atoms with van der Waals surface area (Å²) in [6.07, 6.45) is -3.13. The zero-order valence-electron chi connectivity index (χ0n) is 12.3. The number of nitrogens with zero attached hydrogens (tertiary/aromatic N) is 1. The molecule has 0 saturated heterocycles. The molecular weight excluding hydrogens is 341 g/mol. The van der Waals surface area contributed by atoms with E-state index in [9.17, 15) is 22.2 Å². The lowest BCUT2D eigenvalue weighted by Crippen LogP contribution is -2.14. The first-order valence-corrected chi connectivity index (χ1v) is 8.14. The van der Waals surface area contributed by atoms with Crippen molar-refractivity contribution in [3.05, 3.63) is 59.2 Å². The average molecular weight is 352 g/mol. The summed E-state index contributed by atoms with van der Waals surface area (Å²) in [5.74, 6) is -0.740. The van der Waals surface area contributed by atoms with Crippen LogP contribution in [0.5, 0.6) is 0 Å². The fourth-order valence-electron chi connectivity index (χ4n) is 1.99. The summed E-state index contributed by atoms with van der Waals surface area (Å²) in [4.78, 5) is 12.4. The van der Waals surface area contributed by atoms with E-state index >= 15 is 0 Å². The molecule has 124 valence electrons. The Bertz CT molecular complexity index is 857. The second kappa shape index (κ2) is 6.84. The number of rotatable bonds is 3. The molecule has 0 aliphatic heterocycles. The van der Waals surface area contributed by atoms with E-state index in [1.165, 1.54) is 30.5 Å². The number of anilines is 1. The second-order valence-corrected chi connectivity index (χ2v) is 6.16. The lowest BCUT2D eigenvalue weighted by Gasteiger charge is -2.10. The molecule has 1 unspecified atom stereocenters. The van der Waals surface area contributed by atoms with Crippen LogP contribution in [0.15, 0.2) is 47.4 Å². The molecule has 0 heterocycles. The van der Waals surface area contributed by atoms with Crippen LogP contribution in [0.1, 0.15) is 21.5 Å². The number of benzene rings is 2. The zero-order valence-corrected chi connectivity index (χ0v) is 13.2. The first-order valence-electron chi connectivity index (χ1n) is 6.58. The number of nitriles is 1. The molecule has 1 atom stereocenters. The number of carbonyl (C=O) groups is 1. The second-order valence-electron chi connectivity index (χ2n) is 4.81. The molecule has 2 rings (SSSR count). The van der Waals surface area contributed by atoms with Gasteiger partial charge in [0, 0.05) is 17.5 Å². The summed E-state index contributed by atoms with van der Waals surface area (Å²) < 4.78 is 49.5.